The average molecular weight is 223 g/mol. The maximum Gasteiger partial charge on any atom is 0.157 e. The first-order valence-corrected chi connectivity index (χ1v) is 5.77. The van der Waals surface area contributed by atoms with Gasteiger partial charge in [0.05, 0.1) is 11.0 Å². The molecule has 3 heteroatoms. The van der Waals surface area contributed by atoms with Gasteiger partial charge in [0.1, 0.15) is 5.69 Å². The number of H-pyrrole nitrogens is 1. The lowest BCUT2D eigenvalue weighted by atomic mass is 10.1. The summed E-state index contributed by atoms with van der Waals surface area (Å²) in [5, 5.41) is 0. The number of rotatable bonds is 2. The molecule has 0 fully saturated rings. The second kappa shape index (κ2) is 4.01. The Morgan fingerprint density at radius 2 is 2.06 bits per heavy atom. The molecule has 0 atom stereocenters. The first-order chi connectivity index (χ1) is 8.38. The van der Waals surface area contributed by atoms with Crippen LogP contribution in [0.5, 0.6) is 0 Å². The number of nitrogens with one attached hydrogen (secondary N) is 1. The molecule has 3 aromatic rings. The fourth-order valence-electron chi connectivity index (χ4n) is 2.00. The smallest absolute Gasteiger partial charge is 0.157 e. The molecule has 17 heavy (non-hydrogen) atoms. The van der Waals surface area contributed by atoms with Crippen LogP contribution in [-0.4, -0.2) is 15.0 Å². The Balaban J connectivity index is 2.20. The zero-order chi connectivity index (χ0) is 11.7. The van der Waals surface area contributed by atoms with Crippen LogP contribution in [0.4, 0.5) is 0 Å². The molecule has 0 amide bonds. The summed E-state index contributed by atoms with van der Waals surface area (Å²) in [5.41, 5.74) is 4.27. The molecule has 0 aliphatic rings. The highest BCUT2D eigenvalue weighted by molar-refractivity contribution is 5.81. The Bertz CT molecular complexity index is 641. The number of aromatic amines is 1. The number of benzene rings is 1. The fourth-order valence-corrected chi connectivity index (χ4v) is 2.00. The van der Waals surface area contributed by atoms with Crippen LogP contribution in [0.3, 0.4) is 0 Å². The van der Waals surface area contributed by atoms with Crippen molar-refractivity contribution in [1.82, 2.24) is 15.0 Å². The molecule has 0 saturated heterocycles. The quantitative estimate of drug-likeness (QED) is 0.725. The van der Waals surface area contributed by atoms with E-state index < -0.39 is 0 Å². The Morgan fingerprint density at radius 3 is 2.82 bits per heavy atom. The summed E-state index contributed by atoms with van der Waals surface area (Å²) in [6, 6.07) is 12.1. The first-order valence-electron chi connectivity index (χ1n) is 5.77. The molecule has 1 N–H and O–H groups in total. The molecule has 3 rings (SSSR count). The van der Waals surface area contributed by atoms with Crippen LogP contribution < -0.4 is 0 Å². The van der Waals surface area contributed by atoms with Crippen LogP contribution in [-0.2, 0) is 6.42 Å². The number of fused-ring (bicyclic) bond motifs is 1. The molecule has 0 aliphatic heterocycles. The van der Waals surface area contributed by atoms with E-state index in [2.05, 4.69) is 34.0 Å². The van der Waals surface area contributed by atoms with Crippen molar-refractivity contribution in [2.45, 2.75) is 13.3 Å². The van der Waals surface area contributed by atoms with E-state index in [4.69, 9.17) is 0 Å². The van der Waals surface area contributed by atoms with E-state index in [0.29, 0.717) is 0 Å². The van der Waals surface area contributed by atoms with E-state index in [0.717, 1.165) is 29.0 Å². The standard InChI is InChI=1S/C14H13N3/c1-2-10-6-5-8-11-13(10)17-14(16-11)12-7-3-4-9-15-12/h3-9H,2H2,1H3,(H,16,17). The van der Waals surface area contributed by atoms with Gasteiger partial charge < -0.3 is 4.98 Å². The summed E-state index contributed by atoms with van der Waals surface area (Å²) < 4.78 is 0. The summed E-state index contributed by atoms with van der Waals surface area (Å²) in [5.74, 6) is 0.835. The van der Waals surface area contributed by atoms with Gasteiger partial charge in [0.15, 0.2) is 5.82 Å². The predicted molar refractivity (Wildman–Crippen MR) is 68.7 cm³/mol. The minimum atomic E-state index is 0.835. The molecule has 2 heterocycles. The highest BCUT2D eigenvalue weighted by Crippen LogP contribution is 2.21. The van der Waals surface area contributed by atoms with Crippen molar-refractivity contribution in [3.63, 3.8) is 0 Å². The monoisotopic (exact) mass is 223 g/mol. The van der Waals surface area contributed by atoms with Crippen molar-refractivity contribution in [1.29, 1.82) is 0 Å². The molecule has 0 bridgehead atoms. The molecule has 1 aromatic carbocycles. The number of hydrogen-bond donors (Lipinski definition) is 1. The normalized spacial score (nSPS) is 10.9. The molecular weight excluding hydrogens is 210 g/mol. The van der Waals surface area contributed by atoms with Crippen LogP contribution in [0, 0.1) is 0 Å². The van der Waals surface area contributed by atoms with Crippen molar-refractivity contribution in [2.24, 2.45) is 0 Å². The predicted octanol–water partition coefficient (Wildman–Crippen LogP) is 3.19. The Kier molecular flexibility index (Phi) is 2.37. The summed E-state index contributed by atoms with van der Waals surface area (Å²) in [4.78, 5) is 12.3. The number of nitrogens with zero attached hydrogens (tertiary/aromatic N) is 2. The van der Waals surface area contributed by atoms with Gasteiger partial charge in [-0.1, -0.05) is 25.1 Å². The Labute approximate surface area is 99.5 Å². The van der Waals surface area contributed by atoms with Gasteiger partial charge in [0.2, 0.25) is 0 Å². The van der Waals surface area contributed by atoms with Crippen LogP contribution in [0.2, 0.25) is 0 Å². The topological polar surface area (TPSA) is 41.6 Å². The maximum absolute atomic E-state index is 4.64. The molecule has 0 saturated carbocycles. The molecule has 0 spiro atoms. The zero-order valence-corrected chi connectivity index (χ0v) is 9.64. The van der Waals surface area contributed by atoms with Crippen LogP contribution in [0.1, 0.15) is 12.5 Å². The van der Waals surface area contributed by atoms with Crippen molar-refractivity contribution in [2.75, 3.05) is 0 Å². The Hall–Kier alpha value is -2.16. The third-order valence-corrected chi connectivity index (χ3v) is 2.88. The highest BCUT2D eigenvalue weighted by Gasteiger charge is 2.07. The van der Waals surface area contributed by atoms with Gasteiger partial charge in [0, 0.05) is 6.20 Å². The third-order valence-electron chi connectivity index (χ3n) is 2.88. The van der Waals surface area contributed by atoms with Gasteiger partial charge >= 0.3 is 0 Å². The van der Waals surface area contributed by atoms with Gasteiger partial charge in [-0.3, -0.25) is 4.98 Å². The molecule has 0 aliphatic carbocycles. The number of aryl methyl sites for hydroxylation is 1. The maximum atomic E-state index is 4.64. The van der Waals surface area contributed by atoms with Gasteiger partial charge in [-0.05, 0) is 30.2 Å². The van der Waals surface area contributed by atoms with Crippen LogP contribution >= 0.6 is 0 Å². The number of pyridine rings is 1. The summed E-state index contributed by atoms with van der Waals surface area (Å²) >= 11 is 0. The molecule has 0 unspecified atom stereocenters. The minimum Gasteiger partial charge on any atom is -0.337 e. The number of hydrogen-bond acceptors (Lipinski definition) is 2. The van der Waals surface area contributed by atoms with Gasteiger partial charge in [-0.15, -0.1) is 0 Å². The van der Waals surface area contributed by atoms with E-state index in [1.165, 1.54) is 5.56 Å². The number of aromatic nitrogens is 3. The summed E-state index contributed by atoms with van der Waals surface area (Å²) in [6.45, 7) is 2.14. The molecule has 2 aromatic heterocycles. The molecular formula is C14H13N3. The highest BCUT2D eigenvalue weighted by atomic mass is 14.9. The second-order valence-corrected chi connectivity index (χ2v) is 3.97. The molecule has 3 nitrogen and oxygen atoms in total. The summed E-state index contributed by atoms with van der Waals surface area (Å²) in [6.07, 6.45) is 2.77. The summed E-state index contributed by atoms with van der Waals surface area (Å²) in [7, 11) is 0. The lowest BCUT2D eigenvalue weighted by Crippen LogP contribution is -1.84. The van der Waals surface area contributed by atoms with Crippen molar-refractivity contribution in [3.05, 3.63) is 48.2 Å². The van der Waals surface area contributed by atoms with Crippen molar-refractivity contribution < 1.29 is 0 Å². The average Bonchev–Trinajstić information content (AvgIpc) is 2.83. The van der Waals surface area contributed by atoms with Crippen LogP contribution in [0.15, 0.2) is 42.6 Å². The number of imidazole rings is 1. The SMILES string of the molecule is CCc1cccc2[nH]c(-c3ccccn3)nc12. The lowest BCUT2D eigenvalue weighted by Gasteiger charge is -1.95. The van der Waals surface area contributed by atoms with E-state index in [1.807, 2.05) is 24.3 Å². The molecule has 84 valence electrons. The Morgan fingerprint density at radius 1 is 1.12 bits per heavy atom. The second-order valence-electron chi connectivity index (χ2n) is 3.97. The van der Waals surface area contributed by atoms with Gasteiger partial charge in [-0.2, -0.15) is 0 Å². The molecule has 0 radical (unpaired) electrons. The zero-order valence-electron chi connectivity index (χ0n) is 9.64. The lowest BCUT2D eigenvalue weighted by molar-refractivity contribution is 1.15. The first kappa shape index (κ1) is 10.0. The largest absolute Gasteiger partial charge is 0.337 e. The van der Waals surface area contributed by atoms with E-state index in [-0.39, 0.29) is 0 Å². The van der Waals surface area contributed by atoms with Gasteiger partial charge in [-0.25, -0.2) is 4.98 Å². The minimum absolute atomic E-state index is 0.835. The number of para-hydroxylation sites is 1. The van der Waals surface area contributed by atoms with E-state index in [1.54, 1.807) is 6.20 Å². The van der Waals surface area contributed by atoms with Gasteiger partial charge in [0.25, 0.3) is 0 Å². The van der Waals surface area contributed by atoms with Crippen molar-refractivity contribution >= 4 is 11.0 Å². The fraction of sp³-hybridized carbons (Fsp3) is 0.143. The third kappa shape index (κ3) is 1.69. The van der Waals surface area contributed by atoms with E-state index in [9.17, 15) is 0 Å². The van der Waals surface area contributed by atoms with Crippen LogP contribution in [0.25, 0.3) is 22.6 Å². The van der Waals surface area contributed by atoms with E-state index >= 15 is 0 Å². The van der Waals surface area contributed by atoms with Crippen molar-refractivity contribution in [3.8, 4) is 11.5 Å².